The van der Waals surface area contributed by atoms with Crippen molar-refractivity contribution in [1.29, 1.82) is 0 Å². The van der Waals surface area contributed by atoms with Gasteiger partial charge in [0.2, 0.25) is 0 Å². The maximum Gasteiger partial charge on any atom is 0.275 e. The summed E-state index contributed by atoms with van der Waals surface area (Å²) in [5, 5.41) is 8.52. The quantitative estimate of drug-likeness (QED) is 0.802. The van der Waals surface area contributed by atoms with Crippen molar-refractivity contribution in [1.82, 2.24) is 29.4 Å². The Bertz CT molecular complexity index is 714. The fourth-order valence-electron chi connectivity index (χ4n) is 2.79. The highest BCUT2D eigenvalue weighted by atomic mass is 79.9. The molecule has 0 aliphatic carbocycles. The zero-order valence-electron chi connectivity index (χ0n) is 13.7. The number of aromatic nitrogens is 4. The van der Waals surface area contributed by atoms with Gasteiger partial charge in [0.05, 0.1) is 16.4 Å². The van der Waals surface area contributed by atoms with Gasteiger partial charge in [-0.2, -0.15) is 10.2 Å². The number of halogens is 1. The Morgan fingerprint density at radius 1 is 1.26 bits per heavy atom. The first-order valence-electron chi connectivity index (χ1n) is 7.64. The maximum absolute atomic E-state index is 12.6. The molecule has 23 heavy (non-hydrogen) atoms. The number of carbonyl (C=O) groups is 1. The van der Waals surface area contributed by atoms with Gasteiger partial charge in [0.25, 0.3) is 5.91 Å². The third-order valence-electron chi connectivity index (χ3n) is 4.29. The molecule has 1 aliphatic heterocycles. The predicted molar refractivity (Wildman–Crippen MR) is 90.0 cm³/mol. The van der Waals surface area contributed by atoms with Crippen LogP contribution < -0.4 is 0 Å². The fraction of sp³-hybridized carbons (Fsp3) is 0.533. The van der Waals surface area contributed by atoms with Crippen LogP contribution in [0.5, 0.6) is 0 Å². The monoisotopic (exact) mass is 380 g/mol. The summed E-state index contributed by atoms with van der Waals surface area (Å²) >= 11 is 3.48. The molecule has 0 spiro atoms. The molecule has 1 aliphatic rings. The Morgan fingerprint density at radius 2 is 1.96 bits per heavy atom. The molecule has 0 N–H and O–H groups in total. The lowest BCUT2D eigenvalue weighted by atomic mass is 10.2. The van der Waals surface area contributed by atoms with E-state index in [0.717, 1.165) is 42.9 Å². The van der Waals surface area contributed by atoms with E-state index in [9.17, 15) is 4.79 Å². The van der Waals surface area contributed by atoms with Crippen LogP contribution in [0.2, 0.25) is 0 Å². The zero-order chi connectivity index (χ0) is 16.6. The van der Waals surface area contributed by atoms with Crippen molar-refractivity contribution >= 4 is 21.8 Å². The standard InChI is InChI=1S/C15H21BrN6O/c1-11-13(16)14(18-20(11)3)15(23)22-6-4-21(5-7-22)10-12-8-17-19(2)9-12/h8-9H,4-7,10H2,1-3H3. The van der Waals surface area contributed by atoms with Gasteiger partial charge in [-0.3, -0.25) is 19.1 Å². The minimum atomic E-state index is 0.00148. The summed E-state index contributed by atoms with van der Waals surface area (Å²) < 4.78 is 4.34. The van der Waals surface area contributed by atoms with Crippen LogP contribution in [0.1, 0.15) is 21.7 Å². The van der Waals surface area contributed by atoms with Gasteiger partial charge in [-0.1, -0.05) is 0 Å². The van der Waals surface area contributed by atoms with Crippen molar-refractivity contribution in [2.24, 2.45) is 14.1 Å². The summed E-state index contributed by atoms with van der Waals surface area (Å²) in [5.41, 5.74) is 2.67. The van der Waals surface area contributed by atoms with E-state index < -0.39 is 0 Å². The molecule has 1 amide bonds. The van der Waals surface area contributed by atoms with Crippen LogP contribution in [0.4, 0.5) is 0 Å². The van der Waals surface area contributed by atoms with E-state index in [1.54, 1.807) is 4.68 Å². The highest BCUT2D eigenvalue weighted by Crippen LogP contribution is 2.22. The fourth-order valence-corrected chi connectivity index (χ4v) is 3.30. The number of hydrogen-bond acceptors (Lipinski definition) is 4. The van der Waals surface area contributed by atoms with Crippen LogP contribution in [0.15, 0.2) is 16.9 Å². The number of hydrogen-bond donors (Lipinski definition) is 0. The smallest absolute Gasteiger partial charge is 0.275 e. The van der Waals surface area contributed by atoms with Gasteiger partial charge in [0.1, 0.15) is 0 Å². The van der Waals surface area contributed by atoms with E-state index in [0.29, 0.717) is 5.69 Å². The second kappa shape index (κ2) is 6.45. The molecule has 2 aromatic rings. The Labute approximate surface area is 144 Å². The highest BCUT2D eigenvalue weighted by Gasteiger charge is 2.26. The van der Waals surface area contributed by atoms with Crippen molar-refractivity contribution in [3.63, 3.8) is 0 Å². The number of piperazine rings is 1. The van der Waals surface area contributed by atoms with E-state index in [1.807, 2.05) is 43.0 Å². The predicted octanol–water partition coefficient (Wildman–Crippen LogP) is 1.18. The van der Waals surface area contributed by atoms with Crippen LogP contribution >= 0.6 is 15.9 Å². The number of amides is 1. The van der Waals surface area contributed by atoms with Crippen molar-refractivity contribution in [3.8, 4) is 0 Å². The molecule has 0 atom stereocenters. The van der Waals surface area contributed by atoms with Gasteiger partial charge >= 0.3 is 0 Å². The van der Waals surface area contributed by atoms with E-state index in [2.05, 4.69) is 31.0 Å². The summed E-state index contributed by atoms with van der Waals surface area (Å²) in [6.45, 7) is 6.00. The van der Waals surface area contributed by atoms with Crippen LogP contribution in [-0.2, 0) is 20.6 Å². The Balaban J connectivity index is 1.60. The average Bonchev–Trinajstić information content (AvgIpc) is 3.06. The van der Waals surface area contributed by atoms with Crippen LogP contribution in [0.25, 0.3) is 0 Å². The van der Waals surface area contributed by atoms with Crippen LogP contribution in [-0.4, -0.2) is 61.4 Å². The molecule has 3 heterocycles. The van der Waals surface area contributed by atoms with Crippen molar-refractivity contribution < 1.29 is 4.79 Å². The Hall–Kier alpha value is -1.67. The molecule has 7 nitrogen and oxygen atoms in total. The van der Waals surface area contributed by atoms with Gasteiger partial charge in [-0.05, 0) is 22.9 Å². The number of nitrogens with zero attached hydrogens (tertiary/aromatic N) is 6. The SMILES string of the molecule is Cc1c(Br)c(C(=O)N2CCN(Cc3cnn(C)c3)CC2)nn1C. The summed E-state index contributed by atoms with van der Waals surface area (Å²) in [4.78, 5) is 16.9. The molecular formula is C15H21BrN6O. The third kappa shape index (κ3) is 3.32. The average molecular weight is 381 g/mol. The summed E-state index contributed by atoms with van der Waals surface area (Å²) in [7, 11) is 3.77. The van der Waals surface area contributed by atoms with Crippen molar-refractivity contribution in [3.05, 3.63) is 33.8 Å². The minimum Gasteiger partial charge on any atom is -0.335 e. The van der Waals surface area contributed by atoms with E-state index in [4.69, 9.17) is 0 Å². The Morgan fingerprint density at radius 3 is 2.48 bits per heavy atom. The molecule has 0 saturated carbocycles. The normalized spacial score (nSPS) is 16.1. The third-order valence-corrected chi connectivity index (χ3v) is 5.24. The molecule has 0 bridgehead atoms. The van der Waals surface area contributed by atoms with Crippen molar-refractivity contribution in [2.75, 3.05) is 26.2 Å². The lowest BCUT2D eigenvalue weighted by molar-refractivity contribution is 0.0621. The molecule has 0 aromatic carbocycles. The van der Waals surface area contributed by atoms with Gasteiger partial charge < -0.3 is 4.90 Å². The zero-order valence-corrected chi connectivity index (χ0v) is 15.2. The first-order chi connectivity index (χ1) is 11.0. The Kier molecular flexibility index (Phi) is 4.54. The second-order valence-electron chi connectivity index (χ2n) is 5.96. The van der Waals surface area contributed by atoms with E-state index in [-0.39, 0.29) is 5.91 Å². The number of rotatable bonds is 3. The lowest BCUT2D eigenvalue weighted by Crippen LogP contribution is -2.48. The molecule has 3 rings (SSSR count). The van der Waals surface area contributed by atoms with E-state index >= 15 is 0 Å². The number of carbonyl (C=O) groups excluding carboxylic acids is 1. The molecule has 8 heteroatoms. The first-order valence-corrected chi connectivity index (χ1v) is 8.43. The van der Waals surface area contributed by atoms with Crippen LogP contribution in [0.3, 0.4) is 0 Å². The molecular weight excluding hydrogens is 360 g/mol. The summed E-state index contributed by atoms with van der Waals surface area (Å²) in [5.74, 6) is 0.00148. The van der Waals surface area contributed by atoms with Gasteiger partial charge in [-0.25, -0.2) is 0 Å². The molecule has 1 fully saturated rings. The molecule has 2 aromatic heterocycles. The van der Waals surface area contributed by atoms with Gasteiger partial charge in [0, 0.05) is 58.6 Å². The lowest BCUT2D eigenvalue weighted by Gasteiger charge is -2.34. The number of aryl methyl sites for hydroxylation is 2. The molecule has 124 valence electrons. The summed E-state index contributed by atoms with van der Waals surface area (Å²) in [6, 6.07) is 0. The topological polar surface area (TPSA) is 59.2 Å². The van der Waals surface area contributed by atoms with Gasteiger partial charge in [-0.15, -0.1) is 0 Å². The largest absolute Gasteiger partial charge is 0.335 e. The maximum atomic E-state index is 12.6. The molecule has 0 radical (unpaired) electrons. The van der Waals surface area contributed by atoms with E-state index in [1.165, 1.54) is 5.56 Å². The van der Waals surface area contributed by atoms with Crippen molar-refractivity contribution in [2.45, 2.75) is 13.5 Å². The second-order valence-corrected chi connectivity index (χ2v) is 6.76. The molecule has 0 unspecified atom stereocenters. The van der Waals surface area contributed by atoms with Crippen LogP contribution in [0, 0.1) is 6.92 Å². The van der Waals surface area contributed by atoms with Gasteiger partial charge in [0.15, 0.2) is 5.69 Å². The minimum absolute atomic E-state index is 0.00148. The highest BCUT2D eigenvalue weighted by molar-refractivity contribution is 9.10. The first kappa shape index (κ1) is 16.2. The molecule has 1 saturated heterocycles. The summed E-state index contributed by atoms with van der Waals surface area (Å²) in [6.07, 6.45) is 3.93.